The Bertz CT molecular complexity index is 944. The van der Waals surface area contributed by atoms with E-state index in [0.717, 1.165) is 38.5 Å². The Morgan fingerprint density at radius 1 is 0.385 bits per heavy atom. The van der Waals surface area contributed by atoms with Gasteiger partial charge in [-0.1, -0.05) is 303 Å². The second-order valence-corrected chi connectivity index (χ2v) is 20.8. The van der Waals surface area contributed by atoms with Crippen LogP contribution in [-0.2, 0) is 14.3 Å². The van der Waals surface area contributed by atoms with Crippen molar-refractivity contribution in [3.8, 4) is 0 Å². The van der Waals surface area contributed by atoms with E-state index in [1.54, 1.807) is 0 Å². The molecular formula is C59H117NO5. The third-order valence-electron chi connectivity index (χ3n) is 14.2. The Hall–Kier alpha value is -1.14. The van der Waals surface area contributed by atoms with Gasteiger partial charge < -0.3 is 20.3 Å². The van der Waals surface area contributed by atoms with Crippen LogP contribution in [0.25, 0.3) is 0 Å². The van der Waals surface area contributed by atoms with Crippen LogP contribution in [0.15, 0.2) is 0 Å². The summed E-state index contributed by atoms with van der Waals surface area (Å²) in [7, 11) is 0. The molecule has 0 spiro atoms. The van der Waals surface area contributed by atoms with Crippen molar-refractivity contribution in [1.82, 2.24) is 5.32 Å². The summed E-state index contributed by atoms with van der Waals surface area (Å²) in [6.07, 6.45) is 60.3. The molecule has 0 heterocycles. The largest absolute Gasteiger partial charge is 0.462 e. The number of nitrogens with one attached hydrogen (secondary N) is 1. The molecule has 0 aliphatic rings. The lowest BCUT2D eigenvalue weighted by Gasteiger charge is -2.24. The fourth-order valence-corrected chi connectivity index (χ4v) is 9.67. The summed E-state index contributed by atoms with van der Waals surface area (Å²) in [6.45, 7) is 6.54. The Balaban J connectivity index is 4.46. The number of unbranched alkanes of at least 4 members (excludes halogenated alkanes) is 43. The van der Waals surface area contributed by atoms with Crippen molar-refractivity contribution >= 4 is 11.9 Å². The molecule has 6 heteroatoms. The molecule has 0 saturated heterocycles. The zero-order valence-corrected chi connectivity index (χ0v) is 44.4. The highest BCUT2D eigenvalue weighted by Gasteiger charge is 2.24. The van der Waals surface area contributed by atoms with Gasteiger partial charge in [0.2, 0.25) is 5.91 Å². The average Bonchev–Trinajstić information content (AvgIpc) is 3.30. The number of hydrogen-bond donors (Lipinski definition) is 3. The zero-order valence-electron chi connectivity index (χ0n) is 44.4. The quantitative estimate of drug-likeness (QED) is 0.0417. The van der Waals surface area contributed by atoms with Gasteiger partial charge in [0.25, 0.3) is 0 Å². The highest BCUT2D eigenvalue weighted by molar-refractivity contribution is 5.77. The molecule has 0 aliphatic heterocycles. The maximum atomic E-state index is 13.3. The van der Waals surface area contributed by atoms with E-state index >= 15 is 0 Å². The molecule has 6 nitrogen and oxygen atoms in total. The van der Waals surface area contributed by atoms with Crippen LogP contribution >= 0.6 is 0 Å². The first-order chi connectivity index (χ1) is 32.0. The first kappa shape index (κ1) is 63.9. The maximum Gasteiger partial charge on any atom is 0.306 e. The molecule has 3 unspecified atom stereocenters. The molecule has 0 bridgehead atoms. The van der Waals surface area contributed by atoms with Crippen LogP contribution in [0, 0.1) is 0 Å². The summed E-state index contributed by atoms with van der Waals surface area (Å²) >= 11 is 0. The summed E-state index contributed by atoms with van der Waals surface area (Å²) in [5, 5.41) is 23.9. The van der Waals surface area contributed by atoms with Gasteiger partial charge in [0.1, 0.15) is 6.10 Å². The average molecular weight is 921 g/mol. The second-order valence-electron chi connectivity index (χ2n) is 20.8. The van der Waals surface area contributed by atoms with Crippen molar-refractivity contribution in [1.29, 1.82) is 0 Å². The van der Waals surface area contributed by atoms with E-state index in [4.69, 9.17) is 4.74 Å². The van der Waals surface area contributed by atoms with Crippen LogP contribution in [0.1, 0.15) is 342 Å². The molecule has 0 aromatic carbocycles. The fourth-order valence-electron chi connectivity index (χ4n) is 9.67. The molecule has 0 aromatic heterocycles. The minimum Gasteiger partial charge on any atom is -0.462 e. The van der Waals surface area contributed by atoms with Crippen LogP contribution in [0.3, 0.4) is 0 Å². The van der Waals surface area contributed by atoms with Gasteiger partial charge in [-0.3, -0.25) is 9.59 Å². The smallest absolute Gasteiger partial charge is 0.306 e. The number of carbonyl (C=O) groups excluding carboxylic acids is 2. The van der Waals surface area contributed by atoms with E-state index in [9.17, 15) is 19.8 Å². The SMILES string of the molecule is CCCCCCCCCCCCCCCCCCCCC(=O)OC(CCCCCCCCCCCCCCCC)CC(=O)NC(CO)C(O)CCCCCCCCCCCCCCCC. The molecule has 0 fully saturated rings. The van der Waals surface area contributed by atoms with E-state index in [1.807, 2.05) is 0 Å². The van der Waals surface area contributed by atoms with Gasteiger partial charge in [-0.15, -0.1) is 0 Å². The van der Waals surface area contributed by atoms with Gasteiger partial charge in [-0.2, -0.15) is 0 Å². The predicted molar refractivity (Wildman–Crippen MR) is 283 cm³/mol. The number of amides is 1. The lowest BCUT2D eigenvalue weighted by atomic mass is 10.0. The van der Waals surface area contributed by atoms with Crippen molar-refractivity contribution in [2.75, 3.05) is 6.61 Å². The Kier molecular flexibility index (Phi) is 52.9. The summed E-state index contributed by atoms with van der Waals surface area (Å²) in [5.41, 5.74) is 0. The summed E-state index contributed by atoms with van der Waals surface area (Å²) < 4.78 is 5.98. The Morgan fingerprint density at radius 3 is 0.938 bits per heavy atom. The van der Waals surface area contributed by atoms with Crippen molar-refractivity contribution in [2.45, 2.75) is 360 Å². The normalized spacial score (nSPS) is 13.0. The van der Waals surface area contributed by atoms with E-state index in [0.29, 0.717) is 19.3 Å². The number of rotatable bonds is 55. The lowest BCUT2D eigenvalue weighted by molar-refractivity contribution is -0.151. The van der Waals surface area contributed by atoms with Gasteiger partial charge >= 0.3 is 5.97 Å². The molecule has 0 radical (unpaired) electrons. The van der Waals surface area contributed by atoms with Crippen LogP contribution in [0.5, 0.6) is 0 Å². The minimum absolute atomic E-state index is 0.0887. The van der Waals surface area contributed by atoms with E-state index in [2.05, 4.69) is 26.1 Å². The van der Waals surface area contributed by atoms with Crippen molar-refractivity contribution < 1.29 is 24.5 Å². The van der Waals surface area contributed by atoms with Gasteiger partial charge in [-0.05, 0) is 25.7 Å². The third-order valence-corrected chi connectivity index (χ3v) is 14.2. The molecule has 0 aliphatic carbocycles. The molecule has 0 saturated carbocycles. The number of aliphatic hydroxyl groups is 2. The molecule has 65 heavy (non-hydrogen) atoms. The van der Waals surface area contributed by atoms with Gasteiger partial charge in [-0.25, -0.2) is 0 Å². The Morgan fingerprint density at radius 2 is 0.646 bits per heavy atom. The molecular weight excluding hydrogens is 803 g/mol. The fraction of sp³-hybridized carbons (Fsp3) is 0.966. The standard InChI is InChI=1S/C59H117NO5/c1-4-7-10-13-16-19-22-25-28-29-30-31-34-37-40-43-46-49-52-59(64)65-55(50-47-44-41-38-35-32-26-23-20-17-14-11-8-5-2)53-58(63)60-56(54-61)57(62)51-48-45-42-39-36-33-27-24-21-18-15-12-9-6-3/h55-57,61-62H,4-54H2,1-3H3,(H,60,63). The molecule has 3 atom stereocenters. The number of hydrogen-bond acceptors (Lipinski definition) is 5. The summed E-state index contributed by atoms with van der Waals surface area (Å²) in [4.78, 5) is 26.3. The molecule has 3 N–H and O–H groups in total. The highest BCUT2D eigenvalue weighted by atomic mass is 16.5. The molecule has 1 amide bonds. The first-order valence-corrected chi connectivity index (χ1v) is 29.8. The summed E-state index contributed by atoms with van der Waals surface area (Å²) in [6, 6.07) is -0.693. The highest BCUT2D eigenvalue weighted by Crippen LogP contribution is 2.19. The monoisotopic (exact) mass is 920 g/mol. The molecule has 0 aromatic rings. The van der Waals surface area contributed by atoms with E-state index in [-0.39, 0.29) is 24.9 Å². The second kappa shape index (κ2) is 53.8. The minimum atomic E-state index is -0.780. The number of aliphatic hydroxyl groups excluding tert-OH is 2. The number of esters is 1. The van der Waals surface area contributed by atoms with Crippen LogP contribution in [0.4, 0.5) is 0 Å². The molecule has 388 valence electrons. The summed E-state index contributed by atoms with van der Waals surface area (Å²) in [5.74, 6) is -0.443. The maximum absolute atomic E-state index is 13.3. The topological polar surface area (TPSA) is 95.9 Å². The van der Waals surface area contributed by atoms with Gasteiger partial charge in [0.15, 0.2) is 0 Å². The third kappa shape index (κ3) is 49.1. The Labute approximate surface area is 406 Å². The number of ether oxygens (including phenoxy) is 1. The lowest BCUT2D eigenvalue weighted by Crippen LogP contribution is -2.46. The number of carbonyl (C=O) groups is 2. The van der Waals surface area contributed by atoms with Crippen LogP contribution < -0.4 is 5.32 Å². The van der Waals surface area contributed by atoms with Crippen LogP contribution in [-0.4, -0.2) is 46.9 Å². The van der Waals surface area contributed by atoms with E-state index in [1.165, 1.54) is 257 Å². The van der Waals surface area contributed by atoms with Crippen molar-refractivity contribution in [3.05, 3.63) is 0 Å². The van der Waals surface area contributed by atoms with Gasteiger partial charge in [0.05, 0.1) is 25.2 Å². The predicted octanol–water partition coefficient (Wildman–Crippen LogP) is 18.3. The zero-order chi connectivity index (χ0) is 47.4. The van der Waals surface area contributed by atoms with Crippen LogP contribution in [0.2, 0.25) is 0 Å². The van der Waals surface area contributed by atoms with Crippen molar-refractivity contribution in [3.63, 3.8) is 0 Å². The van der Waals surface area contributed by atoms with Crippen molar-refractivity contribution in [2.24, 2.45) is 0 Å². The van der Waals surface area contributed by atoms with E-state index < -0.39 is 18.2 Å². The first-order valence-electron chi connectivity index (χ1n) is 29.8. The molecule has 0 rings (SSSR count). The van der Waals surface area contributed by atoms with Gasteiger partial charge in [0, 0.05) is 6.42 Å².